The van der Waals surface area contributed by atoms with E-state index in [1.54, 1.807) is 0 Å². The monoisotopic (exact) mass is 218 g/mol. The average Bonchev–Trinajstić information content (AvgIpc) is 3.15. The number of ether oxygens (including phenoxy) is 2. The molecule has 1 atom stereocenters. The second-order valence-electron chi connectivity index (χ2n) is 4.76. The maximum Gasteiger partial charge on any atom is 0.199 e. The van der Waals surface area contributed by atoms with Gasteiger partial charge < -0.3 is 9.47 Å². The fourth-order valence-electron chi connectivity index (χ4n) is 2.19. The Bertz CT molecular complexity index is 334. The van der Waals surface area contributed by atoms with Crippen molar-refractivity contribution < 1.29 is 9.47 Å². The van der Waals surface area contributed by atoms with Crippen molar-refractivity contribution in [1.29, 1.82) is 0 Å². The summed E-state index contributed by atoms with van der Waals surface area (Å²) >= 11 is 0. The van der Waals surface area contributed by atoms with Crippen molar-refractivity contribution in [2.24, 2.45) is 0 Å². The molecule has 2 fully saturated rings. The lowest BCUT2D eigenvalue weighted by atomic mass is 10.1. The molecule has 2 nitrogen and oxygen atoms in total. The molecule has 0 radical (unpaired) electrons. The van der Waals surface area contributed by atoms with E-state index in [2.05, 4.69) is 24.3 Å². The average molecular weight is 218 g/mol. The van der Waals surface area contributed by atoms with E-state index in [0.717, 1.165) is 24.7 Å². The van der Waals surface area contributed by atoms with Gasteiger partial charge in [-0.25, -0.2) is 0 Å². The first kappa shape index (κ1) is 10.2. The Morgan fingerprint density at radius 2 is 1.81 bits per heavy atom. The van der Waals surface area contributed by atoms with Crippen LogP contribution < -0.4 is 4.74 Å². The molecule has 0 aromatic heterocycles. The van der Waals surface area contributed by atoms with Gasteiger partial charge in [0.15, 0.2) is 6.29 Å². The molecule has 0 N–H and O–H groups in total. The molecule has 2 heteroatoms. The summed E-state index contributed by atoms with van der Waals surface area (Å²) in [5.74, 6) is 1.76. The van der Waals surface area contributed by atoms with Crippen LogP contribution in [0.2, 0.25) is 0 Å². The van der Waals surface area contributed by atoms with Gasteiger partial charge in [-0.05, 0) is 49.3 Å². The molecular weight excluding hydrogens is 200 g/mol. The van der Waals surface area contributed by atoms with Crippen molar-refractivity contribution >= 4 is 0 Å². The van der Waals surface area contributed by atoms with Crippen molar-refractivity contribution in [2.45, 2.75) is 44.3 Å². The summed E-state index contributed by atoms with van der Waals surface area (Å²) in [7, 11) is 0. The summed E-state index contributed by atoms with van der Waals surface area (Å²) in [5.41, 5.74) is 1.46. The van der Waals surface area contributed by atoms with Gasteiger partial charge in [-0.2, -0.15) is 0 Å². The van der Waals surface area contributed by atoms with Gasteiger partial charge in [0.25, 0.3) is 0 Å². The molecule has 2 aliphatic rings. The van der Waals surface area contributed by atoms with Crippen LogP contribution in [0.3, 0.4) is 0 Å². The summed E-state index contributed by atoms with van der Waals surface area (Å²) in [6.45, 7) is 0.838. The van der Waals surface area contributed by atoms with Crippen LogP contribution >= 0.6 is 0 Å². The molecule has 0 amide bonds. The second kappa shape index (κ2) is 4.46. The molecule has 0 spiro atoms. The first-order valence-electron chi connectivity index (χ1n) is 6.30. The Balaban J connectivity index is 1.60. The zero-order chi connectivity index (χ0) is 10.8. The van der Waals surface area contributed by atoms with E-state index < -0.39 is 0 Å². The smallest absolute Gasteiger partial charge is 0.199 e. The highest BCUT2D eigenvalue weighted by atomic mass is 16.7. The van der Waals surface area contributed by atoms with E-state index in [4.69, 9.17) is 9.47 Å². The Morgan fingerprint density at radius 3 is 2.44 bits per heavy atom. The fraction of sp³-hybridized carbons (Fsp3) is 0.571. The molecule has 1 saturated carbocycles. The summed E-state index contributed by atoms with van der Waals surface area (Å²) in [6.07, 6.45) is 6.08. The first-order valence-corrected chi connectivity index (χ1v) is 6.30. The van der Waals surface area contributed by atoms with Gasteiger partial charge in [0.05, 0.1) is 6.61 Å². The topological polar surface area (TPSA) is 18.5 Å². The van der Waals surface area contributed by atoms with E-state index in [0.29, 0.717) is 0 Å². The third-order valence-corrected chi connectivity index (χ3v) is 3.33. The highest BCUT2D eigenvalue weighted by Crippen LogP contribution is 2.40. The molecule has 1 unspecified atom stereocenters. The van der Waals surface area contributed by atoms with Gasteiger partial charge in [-0.3, -0.25) is 0 Å². The lowest BCUT2D eigenvalue weighted by Gasteiger charge is -2.23. The minimum atomic E-state index is -0.0273. The molecule has 1 aliphatic carbocycles. The van der Waals surface area contributed by atoms with Crippen LogP contribution in [0.25, 0.3) is 0 Å². The SMILES string of the molecule is c1cc(C2CC2)ccc1OC1CCCCO1. The summed E-state index contributed by atoms with van der Waals surface area (Å²) in [6, 6.07) is 8.53. The second-order valence-corrected chi connectivity index (χ2v) is 4.76. The summed E-state index contributed by atoms with van der Waals surface area (Å²) in [4.78, 5) is 0. The summed E-state index contributed by atoms with van der Waals surface area (Å²) in [5, 5.41) is 0. The first-order chi connectivity index (χ1) is 7.92. The van der Waals surface area contributed by atoms with Crippen molar-refractivity contribution in [3.05, 3.63) is 29.8 Å². The number of rotatable bonds is 3. The zero-order valence-corrected chi connectivity index (χ0v) is 9.52. The van der Waals surface area contributed by atoms with Crippen LogP contribution in [0.4, 0.5) is 0 Å². The molecule has 1 aromatic carbocycles. The van der Waals surface area contributed by atoms with Crippen molar-refractivity contribution in [3.63, 3.8) is 0 Å². The van der Waals surface area contributed by atoms with Gasteiger partial charge >= 0.3 is 0 Å². The fourth-order valence-corrected chi connectivity index (χ4v) is 2.19. The Labute approximate surface area is 96.6 Å². The van der Waals surface area contributed by atoms with E-state index in [1.807, 2.05) is 0 Å². The zero-order valence-electron chi connectivity index (χ0n) is 9.52. The van der Waals surface area contributed by atoms with Gasteiger partial charge in [0, 0.05) is 6.42 Å². The van der Waals surface area contributed by atoms with Crippen LogP contribution in [0.1, 0.15) is 43.6 Å². The molecule has 1 heterocycles. The largest absolute Gasteiger partial charge is 0.465 e. The third kappa shape index (κ3) is 2.38. The minimum absolute atomic E-state index is 0.0273. The van der Waals surface area contributed by atoms with Crippen molar-refractivity contribution in [2.75, 3.05) is 6.61 Å². The van der Waals surface area contributed by atoms with E-state index in [9.17, 15) is 0 Å². The molecule has 1 aliphatic heterocycles. The summed E-state index contributed by atoms with van der Waals surface area (Å²) < 4.78 is 11.3. The molecule has 1 aromatic rings. The van der Waals surface area contributed by atoms with Gasteiger partial charge in [-0.15, -0.1) is 0 Å². The van der Waals surface area contributed by atoms with Gasteiger partial charge in [-0.1, -0.05) is 12.1 Å². The Kier molecular flexibility index (Phi) is 2.83. The normalized spacial score (nSPS) is 25.4. The lowest BCUT2D eigenvalue weighted by Crippen LogP contribution is -2.24. The van der Waals surface area contributed by atoms with Crippen molar-refractivity contribution in [3.8, 4) is 5.75 Å². The predicted molar refractivity (Wildman–Crippen MR) is 62.6 cm³/mol. The quantitative estimate of drug-likeness (QED) is 0.773. The number of hydrogen-bond donors (Lipinski definition) is 0. The Morgan fingerprint density at radius 1 is 1.00 bits per heavy atom. The molecule has 0 bridgehead atoms. The van der Waals surface area contributed by atoms with Crippen LogP contribution in [-0.2, 0) is 4.74 Å². The van der Waals surface area contributed by atoms with Gasteiger partial charge in [0.1, 0.15) is 5.75 Å². The maximum absolute atomic E-state index is 5.79. The highest BCUT2D eigenvalue weighted by Gasteiger charge is 2.23. The molecular formula is C14H18O2. The molecule has 3 rings (SSSR count). The minimum Gasteiger partial charge on any atom is -0.465 e. The lowest BCUT2D eigenvalue weighted by molar-refractivity contribution is -0.105. The number of benzene rings is 1. The van der Waals surface area contributed by atoms with Crippen LogP contribution in [0, 0.1) is 0 Å². The molecule has 86 valence electrons. The molecule has 16 heavy (non-hydrogen) atoms. The third-order valence-electron chi connectivity index (χ3n) is 3.33. The predicted octanol–water partition coefficient (Wildman–Crippen LogP) is 3.47. The Hall–Kier alpha value is -1.02. The van der Waals surface area contributed by atoms with Crippen LogP contribution in [-0.4, -0.2) is 12.9 Å². The highest BCUT2D eigenvalue weighted by molar-refractivity contribution is 5.31. The van der Waals surface area contributed by atoms with Crippen LogP contribution in [0.5, 0.6) is 5.75 Å². The van der Waals surface area contributed by atoms with Crippen molar-refractivity contribution in [1.82, 2.24) is 0 Å². The van der Waals surface area contributed by atoms with Gasteiger partial charge in [0.2, 0.25) is 0 Å². The van der Waals surface area contributed by atoms with E-state index in [-0.39, 0.29) is 6.29 Å². The standard InChI is InChI=1S/C14H18O2/c1-2-10-15-14(3-1)16-13-8-6-12(7-9-13)11-4-5-11/h6-9,11,14H,1-5,10H2. The maximum atomic E-state index is 5.79. The van der Waals surface area contributed by atoms with Crippen LogP contribution in [0.15, 0.2) is 24.3 Å². The molecule has 1 saturated heterocycles. The van der Waals surface area contributed by atoms with E-state index in [1.165, 1.54) is 31.2 Å². The number of hydrogen-bond acceptors (Lipinski definition) is 2. The van der Waals surface area contributed by atoms with E-state index >= 15 is 0 Å².